The van der Waals surface area contributed by atoms with E-state index in [9.17, 15) is 5.11 Å². The lowest BCUT2D eigenvalue weighted by Crippen LogP contribution is -2.30. The van der Waals surface area contributed by atoms with Crippen LogP contribution in [0.3, 0.4) is 0 Å². The molecule has 0 saturated heterocycles. The van der Waals surface area contributed by atoms with Gasteiger partial charge in [-0.05, 0) is 31.1 Å². The van der Waals surface area contributed by atoms with Crippen molar-refractivity contribution in [3.63, 3.8) is 0 Å². The second-order valence-electron chi connectivity index (χ2n) is 5.34. The highest BCUT2D eigenvalue weighted by molar-refractivity contribution is 8.28. The minimum absolute atomic E-state index is 0.359. The van der Waals surface area contributed by atoms with Crippen LogP contribution in [0.5, 0.6) is 0 Å². The molecule has 1 atom stereocenters. The SMILES string of the molecule is COS(C)(C)CCCOCC(O)CNCc1ccccn1. The van der Waals surface area contributed by atoms with Crippen molar-refractivity contribution in [3.05, 3.63) is 30.1 Å². The molecule has 0 amide bonds. The third-order valence-corrected chi connectivity index (χ3v) is 5.27. The summed E-state index contributed by atoms with van der Waals surface area (Å²) >= 11 is 0. The van der Waals surface area contributed by atoms with E-state index in [4.69, 9.17) is 8.92 Å². The summed E-state index contributed by atoms with van der Waals surface area (Å²) in [5.74, 6) is 1.03. The summed E-state index contributed by atoms with van der Waals surface area (Å²) in [7, 11) is 0.830. The molecular formula is C15H28N2O3S. The lowest BCUT2D eigenvalue weighted by molar-refractivity contribution is 0.0373. The van der Waals surface area contributed by atoms with Crippen LogP contribution in [0.2, 0.25) is 0 Å². The van der Waals surface area contributed by atoms with Crippen molar-refractivity contribution in [2.24, 2.45) is 0 Å². The average Bonchev–Trinajstić information content (AvgIpc) is 2.48. The molecule has 1 rings (SSSR count). The summed E-state index contributed by atoms with van der Waals surface area (Å²) in [6, 6.07) is 5.79. The van der Waals surface area contributed by atoms with E-state index >= 15 is 0 Å². The predicted octanol–water partition coefficient (Wildman–Crippen LogP) is 1.56. The van der Waals surface area contributed by atoms with Crippen molar-refractivity contribution in [3.8, 4) is 0 Å². The Balaban J connectivity index is 2.00. The van der Waals surface area contributed by atoms with E-state index in [-0.39, 0.29) is 0 Å². The van der Waals surface area contributed by atoms with Crippen LogP contribution in [-0.4, -0.2) is 61.3 Å². The zero-order valence-corrected chi connectivity index (χ0v) is 14.1. The Hall–Kier alpha value is -0.660. The van der Waals surface area contributed by atoms with Gasteiger partial charge in [0.25, 0.3) is 0 Å². The van der Waals surface area contributed by atoms with E-state index in [0.717, 1.165) is 17.9 Å². The van der Waals surface area contributed by atoms with E-state index in [0.29, 0.717) is 26.3 Å². The van der Waals surface area contributed by atoms with Gasteiger partial charge in [0.15, 0.2) is 0 Å². The number of aromatic nitrogens is 1. The van der Waals surface area contributed by atoms with Gasteiger partial charge >= 0.3 is 0 Å². The van der Waals surface area contributed by atoms with Gasteiger partial charge in [0.2, 0.25) is 0 Å². The highest BCUT2D eigenvalue weighted by Crippen LogP contribution is 2.40. The van der Waals surface area contributed by atoms with E-state index < -0.39 is 16.4 Å². The van der Waals surface area contributed by atoms with Crippen molar-refractivity contribution in [2.45, 2.75) is 19.1 Å². The van der Waals surface area contributed by atoms with Crippen LogP contribution >= 0.6 is 10.3 Å². The Morgan fingerprint density at radius 3 is 2.86 bits per heavy atom. The minimum Gasteiger partial charge on any atom is -0.389 e. The molecule has 1 unspecified atom stereocenters. The van der Waals surface area contributed by atoms with Gasteiger partial charge in [-0.3, -0.25) is 4.98 Å². The standard InChI is InChI=1S/C15H28N2O3S/c1-19-21(2,3)10-6-9-20-13-15(18)12-16-11-14-7-4-5-8-17-14/h4-5,7-8,15-16,18H,6,9-13H2,1-3H3. The number of pyridine rings is 1. The number of ether oxygens (including phenoxy) is 1. The lowest BCUT2D eigenvalue weighted by Gasteiger charge is -2.28. The summed E-state index contributed by atoms with van der Waals surface area (Å²) in [6.07, 6.45) is 6.52. The second-order valence-corrected chi connectivity index (χ2v) is 8.96. The van der Waals surface area contributed by atoms with Gasteiger partial charge in [0.1, 0.15) is 0 Å². The van der Waals surface area contributed by atoms with Crippen molar-refractivity contribution in [2.75, 3.05) is 45.1 Å². The lowest BCUT2D eigenvalue weighted by atomic mass is 10.3. The zero-order valence-electron chi connectivity index (χ0n) is 13.2. The summed E-state index contributed by atoms with van der Waals surface area (Å²) in [5, 5.41) is 13.0. The fourth-order valence-corrected chi connectivity index (χ4v) is 2.72. The average molecular weight is 316 g/mol. The first kappa shape index (κ1) is 18.4. The van der Waals surface area contributed by atoms with Crippen LogP contribution in [0, 0.1) is 0 Å². The summed E-state index contributed by atoms with van der Waals surface area (Å²) < 4.78 is 10.9. The Labute approximate surface area is 129 Å². The molecule has 0 aromatic carbocycles. The van der Waals surface area contributed by atoms with Gasteiger partial charge in [0, 0.05) is 38.8 Å². The third-order valence-electron chi connectivity index (χ3n) is 3.10. The number of hydrogen-bond acceptors (Lipinski definition) is 5. The second kappa shape index (κ2) is 10.1. The van der Waals surface area contributed by atoms with Crippen molar-refractivity contribution < 1.29 is 14.0 Å². The van der Waals surface area contributed by atoms with Gasteiger partial charge in [-0.2, -0.15) is 0 Å². The Morgan fingerprint density at radius 1 is 1.38 bits per heavy atom. The van der Waals surface area contributed by atoms with Gasteiger partial charge < -0.3 is 19.3 Å². The Kier molecular flexibility index (Phi) is 8.87. The van der Waals surface area contributed by atoms with Crippen molar-refractivity contribution in [1.29, 1.82) is 0 Å². The fraction of sp³-hybridized carbons (Fsp3) is 0.667. The Bertz CT molecular complexity index is 376. The van der Waals surface area contributed by atoms with Crippen molar-refractivity contribution >= 4 is 10.3 Å². The number of hydrogen-bond donors (Lipinski definition) is 2. The normalized spacial score (nSPS) is 14.1. The van der Waals surface area contributed by atoms with Gasteiger partial charge in [-0.1, -0.05) is 6.07 Å². The molecule has 2 N–H and O–H groups in total. The molecule has 0 bridgehead atoms. The monoisotopic (exact) mass is 316 g/mol. The molecular weight excluding hydrogens is 288 g/mol. The number of nitrogens with one attached hydrogen (secondary N) is 1. The molecule has 5 nitrogen and oxygen atoms in total. The van der Waals surface area contributed by atoms with E-state index in [2.05, 4.69) is 22.8 Å². The van der Waals surface area contributed by atoms with Crippen molar-refractivity contribution in [1.82, 2.24) is 10.3 Å². The number of aliphatic hydroxyl groups is 1. The minimum atomic E-state index is -0.927. The molecule has 0 aliphatic rings. The van der Waals surface area contributed by atoms with Gasteiger partial charge in [-0.25, -0.2) is 0 Å². The van der Waals surface area contributed by atoms with Crippen LogP contribution < -0.4 is 5.32 Å². The first-order valence-corrected chi connectivity index (χ1v) is 9.71. The molecule has 1 aromatic heterocycles. The maximum atomic E-state index is 9.81. The number of nitrogens with zero attached hydrogens (tertiary/aromatic N) is 1. The first-order chi connectivity index (χ1) is 10.0. The molecule has 0 saturated carbocycles. The summed E-state index contributed by atoms with van der Waals surface area (Å²) in [5.41, 5.74) is 0.968. The number of aliphatic hydroxyl groups excluding tert-OH is 1. The third kappa shape index (κ3) is 9.06. The van der Waals surface area contributed by atoms with Gasteiger partial charge in [-0.15, -0.1) is 10.3 Å². The van der Waals surface area contributed by atoms with Crippen LogP contribution in [0.15, 0.2) is 24.4 Å². The van der Waals surface area contributed by atoms with Crippen LogP contribution in [0.1, 0.15) is 12.1 Å². The predicted molar refractivity (Wildman–Crippen MR) is 88.7 cm³/mol. The summed E-state index contributed by atoms with van der Waals surface area (Å²) in [6.45, 7) is 2.18. The zero-order chi connectivity index (χ0) is 15.6. The van der Waals surface area contributed by atoms with Crippen LogP contribution in [-0.2, 0) is 15.5 Å². The Morgan fingerprint density at radius 2 is 2.19 bits per heavy atom. The maximum Gasteiger partial charge on any atom is 0.0897 e. The van der Waals surface area contributed by atoms with Gasteiger partial charge in [0.05, 0.1) is 18.4 Å². The quantitative estimate of drug-likeness (QED) is 0.607. The molecule has 0 fully saturated rings. The molecule has 1 aromatic rings. The van der Waals surface area contributed by atoms with E-state index in [1.54, 1.807) is 13.3 Å². The van der Waals surface area contributed by atoms with Crippen LogP contribution in [0.4, 0.5) is 0 Å². The highest BCUT2D eigenvalue weighted by Gasteiger charge is 2.09. The number of rotatable bonds is 11. The van der Waals surface area contributed by atoms with E-state index in [1.807, 2.05) is 18.2 Å². The molecule has 6 heteroatoms. The topological polar surface area (TPSA) is 63.6 Å². The molecule has 122 valence electrons. The first-order valence-electron chi connectivity index (χ1n) is 7.16. The van der Waals surface area contributed by atoms with Crippen LogP contribution in [0.25, 0.3) is 0 Å². The van der Waals surface area contributed by atoms with E-state index in [1.165, 1.54) is 0 Å². The molecule has 0 aliphatic carbocycles. The largest absolute Gasteiger partial charge is 0.389 e. The molecule has 0 spiro atoms. The molecule has 0 radical (unpaired) electrons. The summed E-state index contributed by atoms with van der Waals surface area (Å²) in [4.78, 5) is 4.21. The fourth-order valence-electron chi connectivity index (χ4n) is 1.74. The molecule has 1 heterocycles. The highest BCUT2D eigenvalue weighted by atomic mass is 32.3. The molecule has 21 heavy (non-hydrogen) atoms. The maximum absolute atomic E-state index is 9.81. The smallest absolute Gasteiger partial charge is 0.0897 e. The molecule has 0 aliphatic heterocycles.